The Morgan fingerprint density at radius 1 is 1.32 bits per heavy atom. The summed E-state index contributed by atoms with van der Waals surface area (Å²) in [5, 5.41) is 2.61. The maximum Gasteiger partial charge on any atom is 0.410 e. The topological polar surface area (TPSA) is 38.8 Å². The van der Waals surface area contributed by atoms with Crippen molar-refractivity contribution in [3.8, 4) is 5.75 Å². The highest BCUT2D eigenvalue weighted by atomic mass is 35.5. The zero-order valence-corrected chi connectivity index (χ0v) is 15.9. The van der Waals surface area contributed by atoms with E-state index < -0.39 is 5.60 Å². The summed E-state index contributed by atoms with van der Waals surface area (Å²) in [5.41, 5.74) is 0.376. The van der Waals surface area contributed by atoms with Gasteiger partial charge in [0.15, 0.2) is 0 Å². The summed E-state index contributed by atoms with van der Waals surface area (Å²) in [5.74, 6) is 0.818. The van der Waals surface area contributed by atoms with Gasteiger partial charge in [0, 0.05) is 21.4 Å². The van der Waals surface area contributed by atoms with Crippen LogP contribution >= 0.6 is 11.6 Å². The van der Waals surface area contributed by atoms with E-state index in [0.717, 1.165) is 28.5 Å². The average Bonchev–Trinajstić information content (AvgIpc) is 2.73. The summed E-state index contributed by atoms with van der Waals surface area (Å²) in [6, 6.07) is 9.82. The number of rotatable bonds is 1. The summed E-state index contributed by atoms with van der Waals surface area (Å²) in [6.07, 6.45) is 0.389. The van der Waals surface area contributed by atoms with E-state index in [1.165, 1.54) is 0 Å². The molecule has 0 saturated heterocycles. The van der Waals surface area contributed by atoms with Crippen LogP contribution in [0.5, 0.6) is 5.75 Å². The number of ether oxygens (including phenoxy) is 2. The van der Waals surface area contributed by atoms with Crippen molar-refractivity contribution in [2.75, 3.05) is 6.54 Å². The molecule has 0 unspecified atom stereocenters. The van der Waals surface area contributed by atoms with Crippen LogP contribution in [-0.2, 0) is 11.3 Å². The molecule has 5 heteroatoms. The van der Waals surface area contributed by atoms with Crippen molar-refractivity contribution in [3.63, 3.8) is 0 Å². The Morgan fingerprint density at radius 2 is 2.00 bits per heavy atom. The fourth-order valence-corrected chi connectivity index (χ4v) is 3.31. The smallest absolute Gasteiger partial charge is 0.410 e. The largest absolute Gasteiger partial charge is 0.488 e. The minimum Gasteiger partial charge on any atom is -0.488 e. The van der Waals surface area contributed by atoms with Gasteiger partial charge < -0.3 is 14.4 Å². The molecule has 4 nitrogen and oxygen atoms in total. The molecule has 1 amide bonds. The second-order valence-corrected chi connectivity index (χ2v) is 7.81. The predicted molar refractivity (Wildman–Crippen MR) is 100 cm³/mol. The Kier molecular flexibility index (Phi) is 4.83. The van der Waals surface area contributed by atoms with E-state index in [0.29, 0.717) is 18.1 Å². The molecule has 0 bridgehead atoms. The molecule has 134 valence electrons. The molecule has 1 atom stereocenters. The highest BCUT2D eigenvalue weighted by Gasteiger charge is 2.30. The number of amides is 1. The number of carbonyl (C=O) groups excluding carboxylic acids is 1. The van der Waals surface area contributed by atoms with Crippen LogP contribution in [0.15, 0.2) is 30.3 Å². The van der Waals surface area contributed by atoms with Crippen molar-refractivity contribution >= 4 is 28.5 Å². The van der Waals surface area contributed by atoms with Crippen LogP contribution in [0.2, 0.25) is 5.02 Å². The molecule has 0 N–H and O–H groups in total. The van der Waals surface area contributed by atoms with Gasteiger partial charge in [-0.05, 0) is 33.3 Å². The average molecular weight is 362 g/mol. The van der Waals surface area contributed by atoms with Crippen LogP contribution in [0.25, 0.3) is 10.8 Å². The van der Waals surface area contributed by atoms with Crippen molar-refractivity contribution in [3.05, 3.63) is 40.9 Å². The highest BCUT2D eigenvalue weighted by molar-refractivity contribution is 6.36. The molecule has 0 radical (unpaired) electrons. The van der Waals surface area contributed by atoms with E-state index >= 15 is 0 Å². The number of fused-ring (bicyclic) bond motifs is 3. The number of benzene rings is 2. The standard InChI is InChI=1S/C20H24ClNO3/c1-5-14-12-22(19(23)25-20(2,3)4)11-13-10-17(21)15-8-6-7-9-16(15)18(13)24-14/h6-10,14H,5,11-12H2,1-4H3/t14-/m1/s1. The van der Waals surface area contributed by atoms with Gasteiger partial charge in [-0.1, -0.05) is 42.8 Å². The molecular weight excluding hydrogens is 338 g/mol. The fraction of sp³-hybridized carbons (Fsp3) is 0.450. The van der Waals surface area contributed by atoms with Gasteiger partial charge in [-0.25, -0.2) is 4.79 Å². The second-order valence-electron chi connectivity index (χ2n) is 7.40. The monoisotopic (exact) mass is 361 g/mol. The quantitative estimate of drug-likeness (QED) is 0.682. The molecule has 2 aromatic carbocycles. The van der Waals surface area contributed by atoms with Crippen molar-refractivity contribution in [1.82, 2.24) is 4.90 Å². The Morgan fingerprint density at radius 3 is 2.64 bits per heavy atom. The number of hydrogen-bond donors (Lipinski definition) is 0. The van der Waals surface area contributed by atoms with Crippen molar-refractivity contribution in [2.24, 2.45) is 0 Å². The van der Waals surface area contributed by atoms with Gasteiger partial charge in [0.25, 0.3) is 0 Å². The minimum atomic E-state index is -0.532. The molecule has 0 aliphatic carbocycles. The van der Waals surface area contributed by atoms with Crippen LogP contribution in [0.1, 0.15) is 39.7 Å². The lowest BCUT2D eigenvalue weighted by Gasteiger charge is -2.27. The van der Waals surface area contributed by atoms with E-state index in [1.807, 2.05) is 51.1 Å². The predicted octanol–water partition coefficient (Wildman–Crippen LogP) is 5.40. The van der Waals surface area contributed by atoms with E-state index in [2.05, 4.69) is 6.92 Å². The highest BCUT2D eigenvalue weighted by Crippen LogP contribution is 2.38. The first-order valence-corrected chi connectivity index (χ1v) is 9.01. The van der Waals surface area contributed by atoms with E-state index in [9.17, 15) is 4.79 Å². The zero-order valence-electron chi connectivity index (χ0n) is 15.1. The molecule has 0 fully saturated rings. The number of halogens is 1. The van der Waals surface area contributed by atoms with Crippen LogP contribution in [0.3, 0.4) is 0 Å². The number of nitrogens with zero attached hydrogens (tertiary/aromatic N) is 1. The van der Waals surface area contributed by atoms with Crippen LogP contribution < -0.4 is 4.74 Å². The van der Waals surface area contributed by atoms with Gasteiger partial charge in [0.05, 0.1) is 13.1 Å². The lowest BCUT2D eigenvalue weighted by atomic mass is 10.0. The van der Waals surface area contributed by atoms with Gasteiger partial charge in [0.1, 0.15) is 17.5 Å². The van der Waals surface area contributed by atoms with E-state index in [4.69, 9.17) is 21.1 Å². The Labute approximate surface area is 153 Å². The van der Waals surface area contributed by atoms with Crippen LogP contribution in [-0.4, -0.2) is 29.2 Å². The fourth-order valence-electron chi connectivity index (χ4n) is 3.01. The van der Waals surface area contributed by atoms with Gasteiger partial charge in [0.2, 0.25) is 0 Å². The maximum atomic E-state index is 12.6. The lowest BCUT2D eigenvalue weighted by molar-refractivity contribution is 0.0177. The SMILES string of the molecule is CC[C@@H]1CN(C(=O)OC(C)(C)C)Cc2cc(Cl)c3ccccc3c2O1. The van der Waals surface area contributed by atoms with Crippen molar-refractivity contribution in [2.45, 2.75) is 52.4 Å². The molecule has 1 aliphatic rings. The summed E-state index contributed by atoms with van der Waals surface area (Å²) in [4.78, 5) is 14.3. The summed E-state index contributed by atoms with van der Waals surface area (Å²) in [6.45, 7) is 8.58. The normalized spacial score (nSPS) is 17.6. The first-order valence-electron chi connectivity index (χ1n) is 8.63. The van der Waals surface area contributed by atoms with Gasteiger partial charge in [-0.2, -0.15) is 0 Å². The van der Waals surface area contributed by atoms with Gasteiger partial charge >= 0.3 is 6.09 Å². The minimum absolute atomic E-state index is 0.0849. The zero-order chi connectivity index (χ0) is 18.2. The molecule has 0 saturated carbocycles. The van der Waals surface area contributed by atoms with Crippen molar-refractivity contribution < 1.29 is 14.3 Å². The van der Waals surface area contributed by atoms with E-state index in [1.54, 1.807) is 4.90 Å². The molecule has 0 aromatic heterocycles. The van der Waals surface area contributed by atoms with Gasteiger partial charge in [-0.3, -0.25) is 0 Å². The van der Waals surface area contributed by atoms with Crippen molar-refractivity contribution in [1.29, 1.82) is 0 Å². The summed E-state index contributed by atoms with van der Waals surface area (Å²) < 4.78 is 11.8. The molecule has 25 heavy (non-hydrogen) atoms. The summed E-state index contributed by atoms with van der Waals surface area (Å²) in [7, 11) is 0. The molecule has 2 aromatic rings. The third-order valence-electron chi connectivity index (χ3n) is 4.20. The Balaban J connectivity index is 2.03. The molecular formula is C20H24ClNO3. The Hall–Kier alpha value is -1.94. The summed E-state index contributed by atoms with van der Waals surface area (Å²) >= 11 is 6.46. The number of carbonyl (C=O) groups is 1. The third kappa shape index (κ3) is 3.84. The molecule has 1 aliphatic heterocycles. The first kappa shape index (κ1) is 17.9. The van der Waals surface area contributed by atoms with Crippen LogP contribution in [0.4, 0.5) is 4.79 Å². The van der Waals surface area contributed by atoms with E-state index in [-0.39, 0.29) is 12.2 Å². The lowest BCUT2D eigenvalue weighted by Crippen LogP contribution is -2.40. The molecule has 1 heterocycles. The molecule has 0 spiro atoms. The van der Waals surface area contributed by atoms with Crippen LogP contribution in [0, 0.1) is 0 Å². The third-order valence-corrected chi connectivity index (χ3v) is 4.51. The first-order chi connectivity index (χ1) is 11.8. The number of hydrogen-bond acceptors (Lipinski definition) is 3. The second kappa shape index (κ2) is 6.75. The molecule has 3 rings (SSSR count). The maximum absolute atomic E-state index is 12.6. The van der Waals surface area contributed by atoms with Gasteiger partial charge in [-0.15, -0.1) is 0 Å². The Bertz CT molecular complexity index is 797.